The van der Waals surface area contributed by atoms with Gasteiger partial charge in [-0.3, -0.25) is 9.88 Å². The van der Waals surface area contributed by atoms with Crippen LogP contribution >= 0.6 is 7.60 Å². The molecule has 11 heteroatoms. The zero-order valence-corrected chi connectivity index (χ0v) is 27.3. The molecule has 1 unspecified atom stereocenters. The molecule has 0 aliphatic carbocycles. The van der Waals surface area contributed by atoms with E-state index in [1.165, 1.54) is 23.5 Å². The van der Waals surface area contributed by atoms with Crippen LogP contribution in [-0.2, 0) is 30.1 Å². The van der Waals surface area contributed by atoms with Gasteiger partial charge in [0.2, 0.25) is 10.0 Å². The van der Waals surface area contributed by atoms with Crippen LogP contribution < -0.4 is 10.1 Å². The predicted molar refractivity (Wildman–Crippen MR) is 170 cm³/mol. The van der Waals surface area contributed by atoms with Crippen molar-refractivity contribution in [2.24, 2.45) is 5.92 Å². The molecule has 3 aromatic carbocycles. The van der Waals surface area contributed by atoms with E-state index in [2.05, 4.69) is 5.32 Å². The highest BCUT2D eigenvalue weighted by atomic mass is 32.2. The van der Waals surface area contributed by atoms with Crippen molar-refractivity contribution >= 4 is 17.6 Å². The van der Waals surface area contributed by atoms with Crippen LogP contribution in [0.25, 0.3) is 0 Å². The molecule has 43 heavy (non-hydrogen) atoms. The van der Waals surface area contributed by atoms with Crippen LogP contribution in [0, 0.1) is 5.92 Å². The lowest BCUT2D eigenvalue weighted by Gasteiger charge is -2.35. The Bertz CT molecular complexity index is 1380. The Morgan fingerprint density at radius 1 is 0.860 bits per heavy atom. The number of benzene rings is 3. The van der Waals surface area contributed by atoms with Gasteiger partial charge in [0, 0.05) is 19.1 Å². The van der Waals surface area contributed by atoms with E-state index in [0.717, 1.165) is 5.56 Å². The average Bonchev–Trinajstić information content (AvgIpc) is 2.99. The molecule has 0 saturated heterocycles. The first kappa shape index (κ1) is 34.9. The van der Waals surface area contributed by atoms with E-state index in [1.807, 2.05) is 74.5 Å². The summed E-state index contributed by atoms with van der Waals surface area (Å²) in [6.07, 6.45) is -0.850. The maximum Gasteiger partial charge on any atom is 0.351 e. The summed E-state index contributed by atoms with van der Waals surface area (Å²) in [7, 11) is -6.21. The quantitative estimate of drug-likeness (QED) is 0.168. The van der Waals surface area contributed by atoms with Crippen molar-refractivity contribution in [1.82, 2.24) is 9.62 Å². The van der Waals surface area contributed by atoms with Gasteiger partial charge in [0.05, 0.1) is 31.3 Å². The highest BCUT2D eigenvalue weighted by Crippen LogP contribution is 2.59. The lowest BCUT2D eigenvalue weighted by molar-refractivity contribution is 0.0968. The van der Waals surface area contributed by atoms with Crippen molar-refractivity contribution in [3.63, 3.8) is 0 Å². The van der Waals surface area contributed by atoms with Gasteiger partial charge in [0.15, 0.2) is 0 Å². The highest BCUT2D eigenvalue weighted by molar-refractivity contribution is 7.89. The predicted octanol–water partition coefficient (Wildman–Crippen LogP) is 5.87. The molecule has 0 fully saturated rings. The number of aliphatic hydroxyl groups is 1. The summed E-state index contributed by atoms with van der Waals surface area (Å²) in [6, 6.07) is 24.2. The van der Waals surface area contributed by atoms with E-state index < -0.39 is 35.5 Å². The molecule has 9 nitrogen and oxygen atoms in total. The van der Waals surface area contributed by atoms with E-state index in [1.54, 1.807) is 26.0 Å². The molecule has 236 valence electrons. The second-order valence-electron chi connectivity index (χ2n) is 10.6. The van der Waals surface area contributed by atoms with Crippen LogP contribution in [0.4, 0.5) is 0 Å². The minimum atomic E-state index is -3.96. The topological polar surface area (TPSA) is 114 Å². The molecule has 0 aliphatic rings. The minimum Gasteiger partial charge on any atom is -0.497 e. The summed E-state index contributed by atoms with van der Waals surface area (Å²) in [5.41, 5.74) is 1.59. The molecule has 0 saturated carbocycles. The summed E-state index contributed by atoms with van der Waals surface area (Å²) >= 11 is 0. The van der Waals surface area contributed by atoms with Crippen LogP contribution in [0.15, 0.2) is 89.8 Å². The zero-order valence-electron chi connectivity index (χ0n) is 25.6. The van der Waals surface area contributed by atoms with Crippen LogP contribution in [-0.4, -0.2) is 63.4 Å². The number of sulfonamides is 1. The molecule has 0 spiro atoms. The summed E-state index contributed by atoms with van der Waals surface area (Å²) in [6.45, 7) is 7.68. The fourth-order valence-electron chi connectivity index (χ4n) is 4.84. The first-order chi connectivity index (χ1) is 20.5. The van der Waals surface area contributed by atoms with Gasteiger partial charge in [-0.05, 0) is 61.6 Å². The molecule has 0 amide bonds. The fraction of sp³-hybridized carbons (Fsp3) is 0.438. The number of hydrogen-bond acceptors (Lipinski definition) is 8. The normalized spacial score (nSPS) is 14.5. The van der Waals surface area contributed by atoms with Gasteiger partial charge in [-0.1, -0.05) is 74.5 Å². The minimum absolute atomic E-state index is 0.00560. The maximum atomic E-state index is 14.2. The number of rotatable bonds is 18. The third-order valence-electron chi connectivity index (χ3n) is 6.84. The number of nitrogens with zero attached hydrogens (tertiary/aromatic N) is 1. The van der Waals surface area contributed by atoms with Gasteiger partial charge >= 0.3 is 7.60 Å². The number of methoxy groups -OCH3 is 1. The van der Waals surface area contributed by atoms with Crippen molar-refractivity contribution in [3.8, 4) is 5.75 Å². The van der Waals surface area contributed by atoms with Gasteiger partial charge < -0.3 is 18.9 Å². The van der Waals surface area contributed by atoms with Crippen LogP contribution in [0.3, 0.4) is 0 Å². The van der Waals surface area contributed by atoms with Crippen LogP contribution in [0.2, 0.25) is 0 Å². The first-order valence-electron chi connectivity index (χ1n) is 14.6. The van der Waals surface area contributed by atoms with Gasteiger partial charge in [0.25, 0.3) is 0 Å². The number of ether oxygens (including phenoxy) is 1. The van der Waals surface area contributed by atoms with Crippen molar-refractivity contribution in [1.29, 1.82) is 0 Å². The molecule has 0 aliphatic heterocycles. The Morgan fingerprint density at radius 3 is 1.93 bits per heavy atom. The largest absolute Gasteiger partial charge is 0.497 e. The Morgan fingerprint density at radius 2 is 1.42 bits per heavy atom. The summed E-state index contributed by atoms with van der Waals surface area (Å²) < 4.78 is 59.9. The molecule has 0 bridgehead atoms. The maximum absolute atomic E-state index is 14.2. The van der Waals surface area contributed by atoms with E-state index in [9.17, 15) is 18.1 Å². The second-order valence-corrected chi connectivity index (χ2v) is 14.7. The van der Waals surface area contributed by atoms with E-state index in [4.69, 9.17) is 13.8 Å². The summed E-state index contributed by atoms with van der Waals surface area (Å²) in [5, 5.41) is 15.2. The Hall–Kier alpha value is -2.56. The van der Waals surface area contributed by atoms with Crippen LogP contribution in [0.1, 0.15) is 44.6 Å². The average molecular weight is 633 g/mol. The molecular weight excluding hydrogens is 587 g/mol. The lowest BCUT2D eigenvalue weighted by atomic mass is 10.0. The summed E-state index contributed by atoms with van der Waals surface area (Å²) in [4.78, 5) is 0.105. The molecule has 3 rings (SSSR count). The van der Waals surface area contributed by atoms with Gasteiger partial charge in [-0.2, -0.15) is 4.31 Å². The third-order valence-corrected chi connectivity index (χ3v) is 11.0. The number of hydrogen-bond donors (Lipinski definition) is 2. The molecule has 0 heterocycles. The van der Waals surface area contributed by atoms with Crippen molar-refractivity contribution in [2.45, 2.75) is 56.9 Å². The number of nitrogens with one attached hydrogen (secondary N) is 1. The third kappa shape index (κ3) is 9.71. The highest BCUT2D eigenvalue weighted by Gasteiger charge is 2.40. The molecular formula is C32H45N2O7PS. The Labute approximate surface area is 256 Å². The molecule has 2 N–H and O–H groups in total. The van der Waals surface area contributed by atoms with Gasteiger partial charge in [0.1, 0.15) is 11.5 Å². The smallest absolute Gasteiger partial charge is 0.351 e. The molecule has 3 atom stereocenters. The van der Waals surface area contributed by atoms with Crippen LogP contribution in [0.5, 0.6) is 5.75 Å². The van der Waals surface area contributed by atoms with Crippen molar-refractivity contribution < 1.29 is 31.9 Å². The first-order valence-corrected chi connectivity index (χ1v) is 17.6. The molecule has 0 radical (unpaired) electrons. The zero-order chi connectivity index (χ0) is 31.5. The number of aliphatic hydroxyl groups excluding tert-OH is 1. The monoisotopic (exact) mass is 632 g/mol. The Balaban J connectivity index is 2.03. The van der Waals surface area contributed by atoms with E-state index >= 15 is 0 Å². The second kappa shape index (κ2) is 16.5. The lowest BCUT2D eigenvalue weighted by Crippen LogP contribution is -2.50. The van der Waals surface area contributed by atoms with Crippen molar-refractivity contribution in [2.75, 3.05) is 33.4 Å². The van der Waals surface area contributed by atoms with E-state index in [0.29, 0.717) is 17.7 Å². The standard InChI is InChI=1S/C32H45N2O7PS/c1-6-40-42(36,41-7-2)32(27-16-12-9-13-17-27)33-30(22-26-14-10-8-11-15-26)31(35)24-34(23-25(3)4)43(37,38)29-20-18-28(39-5)19-21-29/h8-21,25,30-33,35H,6-7,22-24H2,1-5H3/t30-,31+,32?/m0/s1. The Kier molecular flexibility index (Phi) is 13.4. The molecule has 0 aromatic heterocycles. The fourth-order valence-corrected chi connectivity index (χ4v) is 8.46. The van der Waals surface area contributed by atoms with Crippen molar-refractivity contribution in [3.05, 3.63) is 96.1 Å². The van der Waals surface area contributed by atoms with Gasteiger partial charge in [-0.25, -0.2) is 8.42 Å². The summed E-state index contributed by atoms with van der Waals surface area (Å²) in [5.74, 6) is -0.371. The van der Waals surface area contributed by atoms with Gasteiger partial charge in [-0.15, -0.1) is 0 Å². The SMILES string of the molecule is CCOP(=O)(OCC)C(N[C@@H](Cc1ccccc1)[C@H](O)CN(CC(C)C)S(=O)(=O)c1ccc(OC)cc1)c1ccccc1. The van der Waals surface area contributed by atoms with E-state index in [-0.39, 0.29) is 37.1 Å². The molecule has 3 aromatic rings.